The van der Waals surface area contributed by atoms with Crippen LogP contribution in [0.3, 0.4) is 0 Å². The second kappa shape index (κ2) is 7.38. The Bertz CT molecular complexity index is 435. The van der Waals surface area contributed by atoms with E-state index in [4.69, 9.17) is 4.74 Å². The maximum Gasteiger partial charge on any atom is 0.222 e. The third-order valence-electron chi connectivity index (χ3n) is 4.42. The zero-order chi connectivity index (χ0) is 14.5. The van der Waals surface area contributed by atoms with Gasteiger partial charge in [0.05, 0.1) is 6.10 Å². The van der Waals surface area contributed by atoms with E-state index in [1.54, 1.807) is 11.3 Å². The lowest BCUT2D eigenvalue weighted by Crippen LogP contribution is -2.50. The van der Waals surface area contributed by atoms with Crippen molar-refractivity contribution in [3.05, 3.63) is 22.4 Å². The molecule has 1 aromatic rings. The van der Waals surface area contributed by atoms with Crippen LogP contribution in [-0.2, 0) is 16.0 Å². The molecule has 3 rings (SSSR count). The van der Waals surface area contributed by atoms with E-state index in [9.17, 15) is 4.79 Å². The fraction of sp³-hybridized carbons (Fsp3) is 0.688. The lowest BCUT2D eigenvalue weighted by Gasteiger charge is -2.35. The standard InChI is InChI=1S/C16H24N2O2S/c19-16(4-3-14-5-11-21-13-14)18-8-6-17(7-9-18)12-15-2-1-10-20-15/h5,11,13,15H,1-4,6-10,12H2/t15-/m0/s1. The smallest absolute Gasteiger partial charge is 0.222 e. The second-order valence-electron chi connectivity index (χ2n) is 5.95. The highest BCUT2D eigenvalue weighted by molar-refractivity contribution is 7.07. The minimum atomic E-state index is 0.304. The molecule has 0 radical (unpaired) electrons. The molecule has 1 atom stereocenters. The SMILES string of the molecule is O=C(CCc1ccsc1)N1CCN(C[C@@H]2CCCO2)CC1. The van der Waals surface area contributed by atoms with Gasteiger partial charge in [-0.2, -0.15) is 11.3 Å². The quantitative estimate of drug-likeness (QED) is 0.834. The Hall–Kier alpha value is -0.910. The van der Waals surface area contributed by atoms with Crippen molar-refractivity contribution in [2.24, 2.45) is 0 Å². The highest BCUT2D eigenvalue weighted by Gasteiger charge is 2.24. The average molecular weight is 308 g/mol. The number of aryl methyl sites for hydroxylation is 1. The van der Waals surface area contributed by atoms with Crippen molar-refractivity contribution in [2.45, 2.75) is 31.8 Å². The topological polar surface area (TPSA) is 32.8 Å². The predicted molar refractivity (Wildman–Crippen MR) is 84.6 cm³/mol. The molecule has 4 nitrogen and oxygen atoms in total. The molecular formula is C16H24N2O2S. The van der Waals surface area contributed by atoms with Crippen molar-refractivity contribution >= 4 is 17.2 Å². The van der Waals surface area contributed by atoms with E-state index in [0.29, 0.717) is 18.4 Å². The largest absolute Gasteiger partial charge is 0.377 e. The Balaban J connectivity index is 1.37. The Morgan fingerprint density at radius 1 is 1.33 bits per heavy atom. The molecule has 0 aromatic carbocycles. The summed E-state index contributed by atoms with van der Waals surface area (Å²) in [4.78, 5) is 16.7. The molecular weight excluding hydrogens is 284 g/mol. The molecule has 2 aliphatic heterocycles. The van der Waals surface area contributed by atoms with Crippen molar-refractivity contribution in [1.82, 2.24) is 9.80 Å². The van der Waals surface area contributed by atoms with Crippen molar-refractivity contribution in [3.63, 3.8) is 0 Å². The highest BCUT2D eigenvalue weighted by Crippen LogP contribution is 2.15. The van der Waals surface area contributed by atoms with Gasteiger partial charge in [0.15, 0.2) is 0 Å². The minimum absolute atomic E-state index is 0.304. The molecule has 1 aromatic heterocycles. The molecule has 2 saturated heterocycles. The normalized spacial score (nSPS) is 23.6. The van der Waals surface area contributed by atoms with Crippen LogP contribution in [0, 0.1) is 0 Å². The minimum Gasteiger partial charge on any atom is -0.377 e. The van der Waals surface area contributed by atoms with Crippen LogP contribution in [0.2, 0.25) is 0 Å². The van der Waals surface area contributed by atoms with Crippen molar-refractivity contribution in [2.75, 3.05) is 39.3 Å². The zero-order valence-electron chi connectivity index (χ0n) is 12.5. The van der Waals surface area contributed by atoms with Gasteiger partial charge in [-0.1, -0.05) is 0 Å². The van der Waals surface area contributed by atoms with E-state index in [-0.39, 0.29) is 0 Å². The first kappa shape index (κ1) is 15.0. The Morgan fingerprint density at radius 3 is 2.86 bits per heavy atom. The van der Waals surface area contributed by atoms with Crippen LogP contribution in [0.5, 0.6) is 0 Å². The summed E-state index contributed by atoms with van der Waals surface area (Å²) in [6.45, 7) is 5.68. The fourth-order valence-electron chi connectivity index (χ4n) is 3.10. The van der Waals surface area contributed by atoms with Crippen molar-refractivity contribution in [3.8, 4) is 0 Å². The van der Waals surface area contributed by atoms with Crippen LogP contribution < -0.4 is 0 Å². The number of carbonyl (C=O) groups excluding carboxylic acids is 1. The fourth-order valence-corrected chi connectivity index (χ4v) is 3.80. The lowest BCUT2D eigenvalue weighted by molar-refractivity contribution is -0.133. The molecule has 2 aliphatic rings. The molecule has 0 aliphatic carbocycles. The Kier molecular flexibility index (Phi) is 5.27. The summed E-state index contributed by atoms with van der Waals surface area (Å²) in [6, 6.07) is 2.11. The summed E-state index contributed by atoms with van der Waals surface area (Å²) >= 11 is 1.70. The summed E-state index contributed by atoms with van der Waals surface area (Å²) in [5.41, 5.74) is 1.28. The van der Waals surface area contributed by atoms with Gasteiger partial charge < -0.3 is 9.64 Å². The maximum atomic E-state index is 12.2. The molecule has 0 bridgehead atoms. The van der Waals surface area contributed by atoms with E-state index in [1.807, 2.05) is 4.90 Å². The van der Waals surface area contributed by atoms with E-state index in [2.05, 4.69) is 21.7 Å². The number of hydrogen-bond donors (Lipinski definition) is 0. The third kappa shape index (κ3) is 4.28. The van der Waals surface area contributed by atoms with E-state index >= 15 is 0 Å². The number of carbonyl (C=O) groups is 1. The molecule has 0 saturated carbocycles. The number of rotatable bonds is 5. The molecule has 0 N–H and O–H groups in total. The Labute approximate surface area is 130 Å². The first-order valence-electron chi connectivity index (χ1n) is 7.94. The summed E-state index contributed by atoms with van der Waals surface area (Å²) in [5.74, 6) is 0.304. The van der Waals surface area contributed by atoms with Crippen LogP contribution in [0.25, 0.3) is 0 Å². The van der Waals surface area contributed by atoms with Gasteiger partial charge in [0, 0.05) is 45.8 Å². The molecule has 5 heteroatoms. The molecule has 0 spiro atoms. The van der Waals surface area contributed by atoms with Crippen LogP contribution >= 0.6 is 11.3 Å². The van der Waals surface area contributed by atoms with Gasteiger partial charge in [-0.15, -0.1) is 0 Å². The highest BCUT2D eigenvalue weighted by atomic mass is 32.1. The summed E-state index contributed by atoms with van der Waals surface area (Å²) < 4.78 is 5.69. The first-order valence-corrected chi connectivity index (χ1v) is 8.88. The second-order valence-corrected chi connectivity index (χ2v) is 6.73. The molecule has 116 valence electrons. The number of ether oxygens (including phenoxy) is 1. The van der Waals surface area contributed by atoms with Crippen LogP contribution in [0.1, 0.15) is 24.8 Å². The van der Waals surface area contributed by atoms with E-state index in [0.717, 1.165) is 45.8 Å². The number of nitrogens with zero attached hydrogens (tertiary/aromatic N) is 2. The van der Waals surface area contributed by atoms with Gasteiger partial charge >= 0.3 is 0 Å². The number of hydrogen-bond acceptors (Lipinski definition) is 4. The van der Waals surface area contributed by atoms with Gasteiger partial charge in [-0.05, 0) is 41.7 Å². The summed E-state index contributed by atoms with van der Waals surface area (Å²) in [5, 5.41) is 4.20. The zero-order valence-corrected chi connectivity index (χ0v) is 13.3. The molecule has 0 unspecified atom stereocenters. The number of piperazine rings is 1. The van der Waals surface area contributed by atoms with E-state index < -0.39 is 0 Å². The van der Waals surface area contributed by atoms with Crippen LogP contribution in [0.15, 0.2) is 16.8 Å². The third-order valence-corrected chi connectivity index (χ3v) is 5.15. The molecule has 1 amide bonds. The van der Waals surface area contributed by atoms with Gasteiger partial charge in [0.1, 0.15) is 0 Å². The van der Waals surface area contributed by atoms with Gasteiger partial charge in [-0.3, -0.25) is 9.69 Å². The van der Waals surface area contributed by atoms with Crippen LogP contribution in [-0.4, -0.2) is 61.1 Å². The number of amides is 1. The van der Waals surface area contributed by atoms with Crippen molar-refractivity contribution in [1.29, 1.82) is 0 Å². The molecule has 21 heavy (non-hydrogen) atoms. The summed E-state index contributed by atoms with van der Waals surface area (Å²) in [6.07, 6.45) is 4.33. The molecule has 3 heterocycles. The number of thiophene rings is 1. The predicted octanol–water partition coefficient (Wildman–Crippen LogP) is 2.00. The maximum absolute atomic E-state index is 12.2. The van der Waals surface area contributed by atoms with Crippen molar-refractivity contribution < 1.29 is 9.53 Å². The Morgan fingerprint density at radius 2 is 2.19 bits per heavy atom. The first-order chi connectivity index (χ1) is 10.3. The van der Waals surface area contributed by atoms with Gasteiger partial charge in [-0.25, -0.2) is 0 Å². The summed E-state index contributed by atoms with van der Waals surface area (Å²) in [7, 11) is 0. The molecule has 2 fully saturated rings. The monoisotopic (exact) mass is 308 g/mol. The van der Waals surface area contributed by atoms with Gasteiger partial charge in [0.25, 0.3) is 0 Å². The van der Waals surface area contributed by atoms with Crippen LogP contribution in [0.4, 0.5) is 0 Å². The average Bonchev–Trinajstić information content (AvgIpc) is 3.19. The van der Waals surface area contributed by atoms with Gasteiger partial charge in [0.2, 0.25) is 5.91 Å². The van der Waals surface area contributed by atoms with E-state index in [1.165, 1.54) is 18.4 Å². The lowest BCUT2D eigenvalue weighted by atomic mass is 10.1.